The Hall–Kier alpha value is -0.160. The lowest BCUT2D eigenvalue weighted by molar-refractivity contribution is -0.217. The number of aliphatic hydroxyl groups is 2. The molecular formula is C13H27NO3. The van der Waals surface area contributed by atoms with E-state index in [4.69, 9.17) is 0 Å². The lowest BCUT2D eigenvalue weighted by atomic mass is 9.90. The van der Waals surface area contributed by atoms with Gasteiger partial charge in [0.2, 0.25) is 0 Å². The molecule has 0 radical (unpaired) electrons. The lowest BCUT2D eigenvalue weighted by Crippen LogP contribution is -2.52. The Kier molecular flexibility index (Phi) is 4.95. The molecule has 1 rings (SSSR count). The van der Waals surface area contributed by atoms with E-state index >= 15 is 0 Å². The molecule has 0 spiro atoms. The highest BCUT2D eigenvalue weighted by Gasteiger charge is 2.49. The van der Waals surface area contributed by atoms with Crippen LogP contribution in [0.1, 0.15) is 59.3 Å². The van der Waals surface area contributed by atoms with Crippen molar-refractivity contribution in [2.45, 2.75) is 76.5 Å². The molecule has 1 aliphatic heterocycles. The van der Waals surface area contributed by atoms with Gasteiger partial charge in [-0.05, 0) is 39.5 Å². The van der Waals surface area contributed by atoms with Crippen molar-refractivity contribution in [3.05, 3.63) is 0 Å². The zero-order valence-electron chi connectivity index (χ0n) is 11.3. The standard InChI is InChI=1S/C13H27NO3/c1-4-5-6-11(16)9-12(2)7-8-13(3,10-15)14(12)17/h11,15-17H,4-10H2,1-3H3/t11?,12-,13+/m1/s1. The summed E-state index contributed by atoms with van der Waals surface area (Å²) in [6.45, 7) is 5.87. The van der Waals surface area contributed by atoms with Gasteiger partial charge in [0.1, 0.15) is 0 Å². The first-order chi connectivity index (χ1) is 7.88. The topological polar surface area (TPSA) is 63.9 Å². The third kappa shape index (κ3) is 3.19. The summed E-state index contributed by atoms with van der Waals surface area (Å²) in [7, 11) is 0. The Bertz CT molecular complexity index is 249. The Morgan fingerprint density at radius 1 is 1.24 bits per heavy atom. The van der Waals surface area contributed by atoms with Crippen molar-refractivity contribution in [2.24, 2.45) is 0 Å². The fourth-order valence-corrected chi connectivity index (χ4v) is 2.79. The molecule has 0 aliphatic carbocycles. The number of hydrogen-bond donors (Lipinski definition) is 3. The van der Waals surface area contributed by atoms with Gasteiger partial charge in [-0.1, -0.05) is 19.8 Å². The molecule has 4 heteroatoms. The zero-order valence-corrected chi connectivity index (χ0v) is 11.3. The summed E-state index contributed by atoms with van der Waals surface area (Å²) in [6, 6.07) is 0. The van der Waals surface area contributed by atoms with E-state index in [2.05, 4.69) is 6.92 Å². The van der Waals surface area contributed by atoms with Crippen molar-refractivity contribution in [1.82, 2.24) is 5.06 Å². The monoisotopic (exact) mass is 245 g/mol. The van der Waals surface area contributed by atoms with E-state index in [-0.39, 0.29) is 12.7 Å². The van der Waals surface area contributed by atoms with Gasteiger partial charge >= 0.3 is 0 Å². The molecule has 0 saturated carbocycles. The highest BCUT2D eigenvalue weighted by Crippen LogP contribution is 2.42. The average Bonchev–Trinajstić information content (AvgIpc) is 2.52. The van der Waals surface area contributed by atoms with Crippen LogP contribution in [-0.4, -0.2) is 44.3 Å². The van der Waals surface area contributed by atoms with Crippen molar-refractivity contribution < 1.29 is 15.4 Å². The van der Waals surface area contributed by atoms with Gasteiger partial charge in [-0.2, -0.15) is 5.06 Å². The predicted molar refractivity (Wildman–Crippen MR) is 66.9 cm³/mol. The first-order valence-corrected chi connectivity index (χ1v) is 6.66. The third-order valence-electron chi connectivity index (χ3n) is 4.13. The van der Waals surface area contributed by atoms with E-state index in [0.717, 1.165) is 32.1 Å². The fraction of sp³-hybridized carbons (Fsp3) is 1.00. The molecule has 0 aromatic heterocycles. The molecule has 4 nitrogen and oxygen atoms in total. The first kappa shape index (κ1) is 14.9. The molecule has 0 aromatic rings. The highest BCUT2D eigenvalue weighted by molar-refractivity contribution is 5.01. The van der Waals surface area contributed by atoms with Crippen LogP contribution in [0.3, 0.4) is 0 Å². The van der Waals surface area contributed by atoms with E-state index in [1.165, 1.54) is 5.06 Å². The molecule has 0 bridgehead atoms. The minimum absolute atomic E-state index is 0.0514. The van der Waals surface area contributed by atoms with Gasteiger partial charge in [0.15, 0.2) is 0 Å². The molecular weight excluding hydrogens is 218 g/mol. The van der Waals surface area contributed by atoms with E-state index in [1.54, 1.807) is 0 Å². The SMILES string of the molecule is CCCCC(O)C[C@@]1(C)CC[C@@](C)(CO)N1O. The van der Waals surface area contributed by atoms with E-state index in [1.807, 2.05) is 13.8 Å². The van der Waals surface area contributed by atoms with Crippen molar-refractivity contribution in [1.29, 1.82) is 0 Å². The quantitative estimate of drug-likeness (QED) is 0.669. The maximum atomic E-state index is 10.2. The van der Waals surface area contributed by atoms with Gasteiger partial charge in [-0.3, -0.25) is 0 Å². The summed E-state index contributed by atoms with van der Waals surface area (Å²) in [5, 5.41) is 30.8. The Balaban J connectivity index is 2.58. The van der Waals surface area contributed by atoms with Crippen molar-refractivity contribution >= 4 is 0 Å². The minimum atomic E-state index is -0.556. The number of aliphatic hydroxyl groups excluding tert-OH is 2. The van der Waals surface area contributed by atoms with E-state index in [0.29, 0.717) is 6.42 Å². The van der Waals surface area contributed by atoms with Crippen LogP contribution in [0.4, 0.5) is 0 Å². The van der Waals surface area contributed by atoms with Gasteiger partial charge in [0.05, 0.1) is 18.2 Å². The summed E-state index contributed by atoms with van der Waals surface area (Å²) < 4.78 is 0. The summed E-state index contributed by atoms with van der Waals surface area (Å²) in [5.41, 5.74) is -0.968. The van der Waals surface area contributed by atoms with Gasteiger partial charge in [-0.15, -0.1) is 0 Å². The summed E-state index contributed by atoms with van der Waals surface area (Å²) in [6.07, 6.45) is 4.65. The van der Waals surface area contributed by atoms with E-state index < -0.39 is 11.1 Å². The molecule has 3 atom stereocenters. The Labute approximate surface area is 104 Å². The number of unbranched alkanes of at least 4 members (excludes halogenated alkanes) is 1. The number of hydrogen-bond acceptors (Lipinski definition) is 4. The summed E-state index contributed by atoms with van der Waals surface area (Å²) in [4.78, 5) is 0. The second kappa shape index (κ2) is 5.65. The molecule has 1 saturated heterocycles. The van der Waals surface area contributed by atoms with Gasteiger partial charge < -0.3 is 15.4 Å². The van der Waals surface area contributed by atoms with Crippen molar-refractivity contribution in [3.8, 4) is 0 Å². The van der Waals surface area contributed by atoms with Crippen LogP contribution in [-0.2, 0) is 0 Å². The average molecular weight is 245 g/mol. The number of nitrogens with zero attached hydrogens (tertiary/aromatic N) is 1. The smallest absolute Gasteiger partial charge is 0.0669 e. The number of rotatable bonds is 6. The van der Waals surface area contributed by atoms with Crippen LogP contribution in [0.25, 0.3) is 0 Å². The molecule has 17 heavy (non-hydrogen) atoms. The Morgan fingerprint density at radius 3 is 2.29 bits per heavy atom. The maximum Gasteiger partial charge on any atom is 0.0669 e. The zero-order chi connectivity index (χ0) is 13.1. The fourth-order valence-electron chi connectivity index (χ4n) is 2.79. The first-order valence-electron chi connectivity index (χ1n) is 6.66. The van der Waals surface area contributed by atoms with Crippen molar-refractivity contribution in [2.75, 3.05) is 6.61 Å². The molecule has 1 heterocycles. The third-order valence-corrected chi connectivity index (χ3v) is 4.13. The van der Waals surface area contributed by atoms with Crippen LogP contribution in [0.2, 0.25) is 0 Å². The summed E-state index contributed by atoms with van der Waals surface area (Å²) >= 11 is 0. The van der Waals surface area contributed by atoms with E-state index in [9.17, 15) is 15.4 Å². The van der Waals surface area contributed by atoms with Gasteiger partial charge in [0.25, 0.3) is 0 Å². The molecule has 102 valence electrons. The predicted octanol–water partition coefficient (Wildman–Crippen LogP) is 1.92. The minimum Gasteiger partial charge on any atom is -0.394 e. The second-order valence-electron chi connectivity index (χ2n) is 5.96. The largest absolute Gasteiger partial charge is 0.394 e. The van der Waals surface area contributed by atoms with Crippen molar-refractivity contribution in [3.63, 3.8) is 0 Å². The molecule has 1 aliphatic rings. The lowest BCUT2D eigenvalue weighted by Gasteiger charge is -2.39. The highest BCUT2D eigenvalue weighted by atomic mass is 16.5. The van der Waals surface area contributed by atoms with Gasteiger partial charge in [0, 0.05) is 5.54 Å². The van der Waals surface area contributed by atoms with Crippen LogP contribution in [0.15, 0.2) is 0 Å². The molecule has 0 amide bonds. The molecule has 1 unspecified atom stereocenters. The van der Waals surface area contributed by atoms with Crippen LogP contribution < -0.4 is 0 Å². The van der Waals surface area contributed by atoms with Crippen LogP contribution in [0, 0.1) is 0 Å². The normalized spacial score (nSPS) is 36.4. The molecule has 3 N–H and O–H groups in total. The maximum absolute atomic E-state index is 10.2. The number of hydroxylamine groups is 2. The Morgan fingerprint density at radius 2 is 1.82 bits per heavy atom. The molecule has 0 aromatic carbocycles. The van der Waals surface area contributed by atoms with Crippen LogP contribution >= 0.6 is 0 Å². The molecule has 1 fully saturated rings. The summed E-state index contributed by atoms with van der Waals surface area (Å²) in [5.74, 6) is 0. The van der Waals surface area contributed by atoms with Crippen LogP contribution in [0.5, 0.6) is 0 Å². The van der Waals surface area contributed by atoms with Gasteiger partial charge in [-0.25, -0.2) is 0 Å². The second-order valence-corrected chi connectivity index (χ2v) is 5.96.